The van der Waals surface area contributed by atoms with Gasteiger partial charge in [0.1, 0.15) is 0 Å². The quantitative estimate of drug-likeness (QED) is 0.543. The van der Waals surface area contributed by atoms with Gasteiger partial charge in [0, 0.05) is 39.3 Å². The summed E-state index contributed by atoms with van der Waals surface area (Å²) in [5.74, 6) is 2.70. The van der Waals surface area contributed by atoms with Crippen molar-refractivity contribution in [3.8, 4) is 12.3 Å². The van der Waals surface area contributed by atoms with E-state index in [0.29, 0.717) is 0 Å². The van der Waals surface area contributed by atoms with Gasteiger partial charge in [0.2, 0.25) is 0 Å². The Balaban J connectivity index is -0.000000364. The highest BCUT2D eigenvalue weighted by Gasteiger charge is 2.14. The van der Waals surface area contributed by atoms with Crippen LogP contribution in [0, 0.1) is 12.3 Å². The number of likely N-dealkylation sites (tertiary alicyclic amines) is 1. The van der Waals surface area contributed by atoms with Crippen LogP contribution in [-0.2, 0) is 0 Å². The highest BCUT2D eigenvalue weighted by atomic mass is 15.3. The molecule has 0 aromatic carbocycles. The lowest BCUT2D eigenvalue weighted by Crippen LogP contribution is -2.46. The first-order chi connectivity index (χ1) is 13.8. The molecule has 4 nitrogen and oxygen atoms in total. The molecular weight excluding hydrogens is 344 g/mol. The van der Waals surface area contributed by atoms with Crippen LogP contribution in [0.25, 0.3) is 0 Å². The Morgan fingerprint density at radius 2 is 1.25 bits per heavy atom. The van der Waals surface area contributed by atoms with Crippen LogP contribution in [0.4, 0.5) is 0 Å². The standard InChI is InChI=1S/C11H20N2.C7H16N2.C2H6.2C2H4/c1-3-5-7-13-10-8-12(6-4-2)9-11-13;8-4-7-9-5-2-1-3-6-9;3*1-2/h2H,3,5-11H2,1H3;1-8H2;1-2H3;2*1-2H2. The maximum Gasteiger partial charge on any atom is 0.0599 e. The first-order valence-electron chi connectivity index (χ1n) is 11.1. The second kappa shape index (κ2) is 28.1. The number of nitrogens with two attached hydrogens (primary N) is 1. The van der Waals surface area contributed by atoms with Gasteiger partial charge in [-0.2, -0.15) is 0 Å². The Morgan fingerprint density at radius 3 is 1.68 bits per heavy atom. The van der Waals surface area contributed by atoms with Crippen molar-refractivity contribution in [3.63, 3.8) is 0 Å². The van der Waals surface area contributed by atoms with E-state index in [1.165, 1.54) is 64.8 Å². The third-order valence-electron chi connectivity index (χ3n) is 4.50. The Bertz CT molecular complexity index is 308. The zero-order chi connectivity index (χ0) is 22.0. The van der Waals surface area contributed by atoms with E-state index in [1.54, 1.807) is 0 Å². The van der Waals surface area contributed by atoms with Gasteiger partial charge in [0.05, 0.1) is 6.54 Å². The predicted molar refractivity (Wildman–Crippen MR) is 130 cm³/mol. The number of unbranched alkanes of at least 4 members (excludes halogenated alkanes) is 1. The Morgan fingerprint density at radius 1 is 0.786 bits per heavy atom. The highest BCUT2D eigenvalue weighted by molar-refractivity contribution is 4.89. The van der Waals surface area contributed by atoms with E-state index >= 15 is 0 Å². The fraction of sp³-hybridized carbons (Fsp3) is 0.750. The van der Waals surface area contributed by atoms with Gasteiger partial charge in [-0.15, -0.1) is 32.7 Å². The molecule has 0 unspecified atom stereocenters. The summed E-state index contributed by atoms with van der Waals surface area (Å²) in [6, 6.07) is 0. The minimum absolute atomic E-state index is 0.819. The summed E-state index contributed by atoms with van der Waals surface area (Å²) >= 11 is 0. The molecule has 28 heavy (non-hydrogen) atoms. The number of hydrogen-bond acceptors (Lipinski definition) is 4. The molecule has 2 N–H and O–H groups in total. The summed E-state index contributed by atoms with van der Waals surface area (Å²) < 4.78 is 0. The van der Waals surface area contributed by atoms with Crippen LogP contribution in [0.15, 0.2) is 26.3 Å². The van der Waals surface area contributed by atoms with Crippen molar-refractivity contribution in [1.29, 1.82) is 0 Å². The van der Waals surface area contributed by atoms with Crippen molar-refractivity contribution in [3.05, 3.63) is 26.3 Å². The average molecular weight is 395 g/mol. The first-order valence-corrected chi connectivity index (χ1v) is 11.1. The number of rotatable bonds is 6. The maximum atomic E-state index is 5.42. The van der Waals surface area contributed by atoms with Crippen molar-refractivity contribution in [2.45, 2.75) is 52.9 Å². The minimum atomic E-state index is 0.819. The van der Waals surface area contributed by atoms with Gasteiger partial charge in [-0.3, -0.25) is 4.90 Å². The van der Waals surface area contributed by atoms with Crippen molar-refractivity contribution < 1.29 is 0 Å². The van der Waals surface area contributed by atoms with Crippen LogP contribution in [0.5, 0.6) is 0 Å². The molecule has 2 heterocycles. The van der Waals surface area contributed by atoms with Crippen LogP contribution in [0.1, 0.15) is 52.9 Å². The molecule has 0 radical (unpaired) electrons. The number of terminal acetylenes is 1. The van der Waals surface area contributed by atoms with Crippen molar-refractivity contribution in [2.75, 3.05) is 65.4 Å². The van der Waals surface area contributed by atoms with Gasteiger partial charge >= 0.3 is 0 Å². The van der Waals surface area contributed by atoms with E-state index in [0.717, 1.165) is 32.7 Å². The molecular formula is C24H50N4. The van der Waals surface area contributed by atoms with Crippen LogP contribution >= 0.6 is 0 Å². The number of piperidine rings is 1. The number of hydrogen-bond donors (Lipinski definition) is 1. The van der Waals surface area contributed by atoms with Gasteiger partial charge in [-0.25, -0.2) is 0 Å². The molecule has 0 spiro atoms. The van der Waals surface area contributed by atoms with E-state index in [1.807, 2.05) is 13.8 Å². The van der Waals surface area contributed by atoms with Crippen LogP contribution in [0.2, 0.25) is 0 Å². The Kier molecular flexibility index (Phi) is 31.7. The molecule has 2 aliphatic rings. The molecule has 166 valence electrons. The molecule has 0 bridgehead atoms. The summed E-state index contributed by atoms with van der Waals surface area (Å²) in [4.78, 5) is 7.34. The fourth-order valence-corrected chi connectivity index (χ4v) is 3.05. The Labute approximate surface area is 177 Å². The molecule has 0 saturated carbocycles. The molecule has 0 atom stereocenters. The van der Waals surface area contributed by atoms with Gasteiger partial charge < -0.3 is 15.5 Å². The minimum Gasteiger partial charge on any atom is -0.329 e. The maximum absolute atomic E-state index is 5.42. The monoisotopic (exact) mass is 394 g/mol. The largest absolute Gasteiger partial charge is 0.329 e. The summed E-state index contributed by atoms with van der Waals surface area (Å²) in [5, 5.41) is 0. The summed E-state index contributed by atoms with van der Waals surface area (Å²) in [7, 11) is 0. The second-order valence-electron chi connectivity index (χ2n) is 6.37. The molecule has 0 amide bonds. The van der Waals surface area contributed by atoms with Gasteiger partial charge in [0.25, 0.3) is 0 Å². The Hall–Kier alpha value is -1.12. The molecule has 0 aromatic heterocycles. The van der Waals surface area contributed by atoms with Crippen LogP contribution in [0.3, 0.4) is 0 Å². The molecule has 0 aromatic rings. The lowest BCUT2D eigenvalue weighted by molar-refractivity contribution is 0.143. The molecule has 4 heteroatoms. The van der Waals surface area contributed by atoms with Crippen LogP contribution in [-0.4, -0.2) is 80.1 Å². The van der Waals surface area contributed by atoms with E-state index in [9.17, 15) is 0 Å². The molecule has 2 saturated heterocycles. The molecule has 2 rings (SSSR count). The zero-order valence-corrected chi connectivity index (χ0v) is 19.4. The number of piperazine rings is 1. The van der Waals surface area contributed by atoms with Crippen molar-refractivity contribution in [1.82, 2.24) is 14.7 Å². The van der Waals surface area contributed by atoms with E-state index < -0.39 is 0 Å². The SMILES string of the molecule is C#CCN1CCN(CCCC)CC1.C=C.C=C.CC.NCCN1CCCCC1. The van der Waals surface area contributed by atoms with Gasteiger partial charge in [0.15, 0.2) is 0 Å². The smallest absolute Gasteiger partial charge is 0.0599 e. The summed E-state index contributed by atoms with van der Waals surface area (Å²) in [6.45, 7) is 29.5. The lowest BCUT2D eigenvalue weighted by Gasteiger charge is -2.33. The van der Waals surface area contributed by atoms with Crippen molar-refractivity contribution >= 4 is 0 Å². The van der Waals surface area contributed by atoms with Gasteiger partial charge in [-0.1, -0.05) is 39.5 Å². The van der Waals surface area contributed by atoms with Crippen molar-refractivity contribution in [2.24, 2.45) is 5.73 Å². The molecule has 2 aliphatic heterocycles. The number of nitrogens with zero attached hydrogens (tertiary/aromatic N) is 3. The lowest BCUT2D eigenvalue weighted by atomic mass is 10.1. The third kappa shape index (κ3) is 19.6. The predicted octanol–water partition coefficient (Wildman–Crippen LogP) is 4.10. The van der Waals surface area contributed by atoms with E-state index in [4.69, 9.17) is 12.2 Å². The highest BCUT2D eigenvalue weighted by Crippen LogP contribution is 2.06. The topological polar surface area (TPSA) is 35.7 Å². The average Bonchev–Trinajstić information content (AvgIpc) is 2.79. The van der Waals surface area contributed by atoms with E-state index in [-0.39, 0.29) is 0 Å². The fourth-order valence-electron chi connectivity index (χ4n) is 3.05. The van der Waals surface area contributed by atoms with Crippen LogP contribution < -0.4 is 5.73 Å². The second-order valence-corrected chi connectivity index (χ2v) is 6.37. The first kappa shape index (κ1) is 31.6. The zero-order valence-electron chi connectivity index (χ0n) is 19.4. The molecule has 0 aliphatic carbocycles. The molecule has 2 fully saturated rings. The normalized spacial score (nSPS) is 17.0. The van der Waals surface area contributed by atoms with E-state index in [2.05, 4.69) is 53.9 Å². The third-order valence-corrected chi connectivity index (χ3v) is 4.50. The summed E-state index contributed by atoms with van der Waals surface area (Å²) in [5.41, 5.74) is 5.42. The van der Waals surface area contributed by atoms with Gasteiger partial charge in [-0.05, 0) is 38.9 Å². The summed E-state index contributed by atoms with van der Waals surface area (Å²) in [6.07, 6.45) is 12.1.